The smallest absolute Gasteiger partial charge is 0.152 e. The number of nitrogens with one attached hydrogen (secondary N) is 1. The van der Waals surface area contributed by atoms with E-state index in [2.05, 4.69) is 5.32 Å². The Labute approximate surface area is 106 Å². The molecule has 0 aliphatic heterocycles. The van der Waals surface area contributed by atoms with E-state index >= 15 is 0 Å². The summed E-state index contributed by atoms with van der Waals surface area (Å²) in [5.41, 5.74) is 0.408. The summed E-state index contributed by atoms with van der Waals surface area (Å²) in [4.78, 5) is 0. The molecule has 0 radical (unpaired) electrons. The van der Waals surface area contributed by atoms with Crippen molar-refractivity contribution in [1.29, 1.82) is 0 Å². The molecule has 1 atom stereocenters. The van der Waals surface area contributed by atoms with Crippen LogP contribution >= 0.6 is 11.6 Å². The van der Waals surface area contributed by atoms with Gasteiger partial charge in [-0.2, -0.15) is 0 Å². The van der Waals surface area contributed by atoms with Gasteiger partial charge >= 0.3 is 0 Å². The molecular formula is C11H15ClFNO2S. The summed E-state index contributed by atoms with van der Waals surface area (Å²) >= 11 is 5.87. The van der Waals surface area contributed by atoms with E-state index in [1.165, 1.54) is 18.2 Å². The summed E-state index contributed by atoms with van der Waals surface area (Å²) < 4.78 is 35.8. The van der Waals surface area contributed by atoms with E-state index in [1.807, 2.05) is 0 Å². The second-order valence-corrected chi connectivity index (χ2v) is 6.67. The summed E-state index contributed by atoms with van der Waals surface area (Å²) in [5.74, 6) is -0.325. The van der Waals surface area contributed by atoms with Crippen LogP contribution in [-0.2, 0) is 9.84 Å². The van der Waals surface area contributed by atoms with Crippen molar-refractivity contribution >= 4 is 27.1 Å². The number of rotatable bonds is 5. The van der Waals surface area contributed by atoms with E-state index in [4.69, 9.17) is 11.6 Å². The number of halogens is 2. The first kappa shape index (κ1) is 14.3. The van der Waals surface area contributed by atoms with E-state index < -0.39 is 15.7 Å². The quantitative estimate of drug-likeness (QED) is 0.901. The van der Waals surface area contributed by atoms with Crippen LogP contribution in [0.1, 0.15) is 13.8 Å². The van der Waals surface area contributed by atoms with Crippen molar-refractivity contribution in [3.63, 3.8) is 0 Å². The highest BCUT2D eigenvalue weighted by atomic mass is 35.5. The minimum absolute atomic E-state index is 0.00363. The molecule has 0 spiro atoms. The second kappa shape index (κ2) is 5.69. The van der Waals surface area contributed by atoms with Crippen molar-refractivity contribution in [2.45, 2.75) is 19.9 Å². The van der Waals surface area contributed by atoms with Crippen LogP contribution < -0.4 is 5.32 Å². The molecular weight excluding hydrogens is 265 g/mol. The highest BCUT2D eigenvalue weighted by Gasteiger charge is 2.14. The Morgan fingerprint density at radius 3 is 2.71 bits per heavy atom. The van der Waals surface area contributed by atoms with Gasteiger partial charge in [-0.25, -0.2) is 12.8 Å². The number of anilines is 1. The minimum Gasteiger partial charge on any atom is -0.380 e. The molecule has 0 amide bonds. The van der Waals surface area contributed by atoms with Gasteiger partial charge in [0.15, 0.2) is 9.84 Å². The molecule has 0 aliphatic rings. The van der Waals surface area contributed by atoms with Gasteiger partial charge in [0.2, 0.25) is 0 Å². The molecule has 0 saturated heterocycles. The number of hydrogen-bond acceptors (Lipinski definition) is 3. The van der Waals surface area contributed by atoms with Gasteiger partial charge in [-0.3, -0.25) is 0 Å². The molecule has 0 bridgehead atoms. The number of sulfone groups is 1. The van der Waals surface area contributed by atoms with Crippen LogP contribution in [0.15, 0.2) is 18.2 Å². The predicted molar refractivity (Wildman–Crippen MR) is 68.8 cm³/mol. The Kier molecular flexibility index (Phi) is 4.77. The first-order chi connectivity index (χ1) is 7.84. The lowest BCUT2D eigenvalue weighted by atomic mass is 10.3. The molecule has 17 heavy (non-hydrogen) atoms. The fourth-order valence-corrected chi connectivity index (χ4v) is 2.67. The van der Waals surface area contributed by atoms with Gasteiger partial charge < -0.3 is 5.32 Å². The van der Waals surface area contributed by atoms with E-state index in [0.29, 0.717) is 10.7 Å². The van der Waals surface area contributed by atoms with Crippen molar-refractivity contribution in [3.8, 4) is 0 Å². The SMILES string of the molecule is CCS(=O)(=O)CC(C)Nc1cc(F)ccc1Cl. The molecule has 96 valence electrons. The summed E-state index contributed by atoms with van der Waals surface area (Å²) in [7, 11) is -3.06. The van der Waals surface area contributed by atoms with Crippen molar-refractivity contribution < 1.29 is 12.8 Å². The largest absolute Gasteiger partial charge is 0.380 e. The molecule has 1 unspecified atom stereocenters. The molecule has 0 saturated carbocycles. The maximum Gasteiger partial charge on any atom is 0.152 e. The summed E-state index contributed by atoms with van der Waals surface area (Å²) in [6, 6.07) is 3.61. The van der Waals surface area contributed by atoms with E-state index in [-0.39, 0.29) is 17.5 Å². The monoisotopic (exact) mass is 279 g/mol. The van der Waals surface area contributed by atoms with Crippen LogP contribution in [0.25, 0.3) is 0 Å². The maximum absolute atomic E-state index is 13.0. The highest BCUT2D eigenvalue weighted by Crippen LogP contribution is 2.23. The molecule has 6 heteroatoms. The van der Waals surface area contributed by atoms with Gasteiger partial charge in [-0.05, 0) is 25.1 Å². The maximum atomic E-state index is 13.0. The summed E-state index contributed by atoms with van der Waals surface area (Å²) in [5, 5.41) is 3.26. The standard InChI is InChI=1S/C11H15ClFNO2S/c1-3-17(15,16)7-8(2)14-11-6-9(13)4-5-10(11)12/h4-6,8,14H,3,7H2,1-2H3. The third-order valence-corrected chi connectivity index (χ3v) is 4.49. The first-order valence-corrected chi connectivity index (χ1v) is 7.46. The third kappa shape index (κ3) is 4.52. The van der Waals surface area contributed by atoms with Gasteiger partial charge in [-0.15, -0.1) is 0 Å². The molecule has 0 aromatic heterocycles. The van der Waals surface area contributed by atoms with Crippen molar-refractivity contribution in [3.05, 3.63) is 29.0 Å². The predicted octanol–water partition coefficient (Wildman–Crippen LogP) is 2.71. The van der Waals surface area contributed by atoms with Crippen molar-refractivity contribution in [2.75, 3.05) is 16.8 Å². The van der Waals surface area contributed by atoms with Crippen LogP contribution in [0.5, 0.6) is 0 Å². The molecule has 1 N–H and O–H groups in total. The molecule has 1 aromatic rings. The van der Waals surface area contributed by atoms with Crippen molar-refractivity contribution in [2.24, 2.45) is 0 Å². The summed E-state index contributed by atoms with van der Waals surface area (Å²) in [6.07, 6.45) is 0. The van der Waals surface area contributed by atoms with Gasteiger partial charge in [0.25, 0.3) is 0 Å². The van der Waals surface area contributed by atoms with Gasteiger partial charge in [-0.1, -0.05) is 18.5 Å². The molecule has 0 fully saturated rings. The lowest BCUT2D eigenvalue weighted by Gasteiger charge is -2.16. The Balaban J connectivity index is 2.74. The molecule has 0 heterocycles. The molecule has 3 nitrogen and oxygen atoms in total. The van der Waals surface area contributed by atoms with E-state index in [0.717, 1.165) is 0 Å². The van der Waals surface area contributed by atoms with Gasteiger partial charge in [0, 0.05) is 11.8 Å². The first-order valence-electron chi connectivity index (χ1n) is 5.26. The Hall–Kier alpha value is -0.810. The van der Waals surface area contributed by atoms with Crippen molar-refractivity contribution in [1.82, 2.24) is 0 Å². The third-order valence-electron chi connectivity index (χ3n) is 2.27. The minimum atomic E-state index is -3.06. The number of benzene rings is 1. The van der Waals surface area contributed by atoms with E-state index in [9.17, 15) is 12.8 Å². The Morgan fingerprint density at radius 2 is 2.12 bits per heavy atom. The van der Waals surface area contributed by atoms with Crippen LogP contribution in [0.2, 0.25) is 5.02 Å². The van der Waals surface area contributed by atoms with Gasteiger partial charge in [0.1, 0.15) is 5.82 Å². The van der Waals surface area contributed by atoms with Crippen LogP contribution in [0, 0.1) is 5.82 Å². The molecule has 0 aliphatic carbocycles. The lowest BCUT2D eigenvalue weighted by Crippen LogP contribution is -2.26. The lowest BCUT2D eigenvalue weighted by molar-refractivity contribution is 0.593. The topological polar surface area (TPSA) is 46.2 Å². The molecule has 1 aromatic carbocycles. The fourth-order valence-electron chi connectivity index (χ4n) is 1.41. The van der Waals surface area contributed by atoms with Crippen LogP contribution in [0.4, 0.5) is 10.1 Å². The Morgan fingerprint density at radius 1 is 1.47 bits per heavy atom. The van der Waals surface area contributed by atoms with E-state index in [1.54, 1.807) is 13.8 Å². The fraction of sp³-hybridized carbons (Fsp3) is 0.455. The zero-order valence-corrected chi connectivity index (χ0v) is 11.3. The molecule has 1 rings (SSSR count). The Bertz CT molecular complexity index is 490. The second-order valence-electron chi connectivity index (χ2n) is 3.87. The van der Waals surface area contributed by atoms with Gasteiger partial charge in [0.05, 0.1) is 16.5 Å². The summed E-state index contributed by atoms with van der Waals surface area (Å²) in [6.45, 7) is 3.31. The van der Waals surface area contributed by atoms with Crippen LogP contribution in [0.3, 0.4) is 0 Å². The average Bonchev–Trinajstić information content (AvgIpc) is 2.23. The zero-order chi connectivity index (χ0) is 13.1. The normalized spacial score (nSPS) is 13.4. The van der Waals surface area contributed by atoms with Crippen LogP contribution in [-0.4, -0.2) is 26.0 Å². The average molecular weight is 280 g/mol. The highest BCUT2D eigenvalue weighted by molar-refractivity contribution is 7.91. The zero-order valence-electron chi connectivity index (χ0n) is 9.70. The number of hydrogen-bond donors (Lipinski definition) is 1.